The van der Waals surface area contributed by atoms with Crippen molar-refractivity contribution in [3.8, 4) is 0 Å². The second kappa shape index (κ2) is 13.8. The minimum absolute atomic E-state index is 0.305. The highest BCUT2D eigenvalue weighted by Crippen LogP contribution is 2.00. The van der Waals surface area contributed by atoms with Gasteiger partial charge < -0.3 is 20.4 Å². The van der Waals surface area contributed by atoms with E-state index in [1.54, 1.807) is 0 Å². The third-order valence-corrected chi connectivity index (χ3v) is 1.32. The van der Waals surface area contributed by atoms with Crippen molar-refractivity contribution in [2.24, 2.45) is 0 Å². The maximum atomic E-state index is 8.56. The van der Waals surface area contributed by atoms with Crippen LogP contribution in [0, 0.1) is 0 Å². The van der Waals surface area contributed by atoms with Gasteiger partial charge in [-0.1, -0.05) is 19.3 Å². The molecule has 0 amide bonds. The summed E-state index contributed by atoms with van der Waals surface area (Å²) in [6.45, 7) is 0.609. The van der Waals surface area contributed by atoms with Gasteiger partial charge in [0.25, 0.3) is 0 Å². The molecule has 0 aromatic carbocycles. The summed E-state index contributed by atoms with van der Waals surface area (Å²) in [5.74, 6) is 0. The molecule has 4 N–H and O–H groups in total. The van der Waals surface area contributed by atoms with Crippen molar-refractivity contribution in [2.75, 3.05) is 13.2 Å². The number of aliphatic hydroxyl groups is 2. The summed E-state index contributed by atoms with van der Waals surface area (Å²) in [6, 6.07) is 0. The van der Waals surface area contributed by atoms with E-state index in [9.17, 15) is 0 Å². The van der Waals surface area contributed by atoms with Crippen molar-refractivity contribution in [2.45, 2.75) is 32.1 Å². The van der Waals surface area contributed by atoms with Gasteiger partial charge in [-0.05, 0) is 12.8 Å². The Morgan fingerprint density at radius 1 is 0.769 bits per heavy atom. The average Bonchev–Trinajstić information content (AvgIpc) is 2.03. The fraction of sp³-hybridized carbons (Fsp3) is 0.875. The summed E-state index contributed by atoms with van der Waals surface area (Å²) < 4.78 is 0. The number of aliphatic hydroxyl groups excluding tert-OH is 2. The average molecular weight is 194 g/mol. The van der Waals surface area contributed by atoms with E-state index in [2.05, 4.69) is 0 Å². The molecule has 0 saturated heterocycles. The first-order valence-corrected chi connectivity index (χ1v) is 4.28. The van der Waals surface area contributed by atoms with E-state index >= 15 is 0 Å². The van der Waals surface area contributed by atoms with Crippen LogP contribution >= 0.6 is 0 Å². The first-order valence-electron chi connectivity index (χ1n) is 4.28. The third-order valence-electron chi connectivity index (χ3n) is 1.32. The minimum Gasteiger partial charge on any atom is -0.450 e. The molecule has 0 aromatic rings. The van der Waals surface area contributed by atoms with E-state index in [-0.39, 0.29) is 0 Å². The van der Waals surface area contributed by atoms with Gasteiger partial charge in [0.15, 0.2) is 0 Å². The number of rotatable bonds is 6. The van der Waals surface area contributed by atoms with Crippen LogP contribution in [0.1, 0.15) is 32.1 Å². The van der Waals surface area contributed by atoms with Crippen LogP contribution < -0.4 is 0 Å². The molecule has 0 rings (SSSR count). The Bertz CT molecular complexity index is 94.7. The van der Waals surface area contributed by atoms with Crippen LogP contribution in [0.2, 0.25) is 0 Å². The predicted molar refractivity (Wildman–Crippen MR) is 47.9 cm³/mol. The van der Waals surface area contributed by atoms with Crippen molar-refractivity contribution in [1.82, 2.24) is 0 Å². The lowest BCUT2D eigenvalue weighted by Crippen LogP contribution is -1.85. The van der Waals surface area contributed by atoms with Crippen molar-refractivity contribution < 1.29 is 25.2 Å². The van der Waals surface area contributed by atoms with Crippen molar-refractivity contribution in [3.05, 3.63) is 0 Å². The fourth-order valence-electron chi connectivity index (χ4n) is 0.754. The van der Waals surface area contributed by atoms with Gasteiger partial charge in [-0.25, -0.2) is 4.79 Å². The van der Waals surface area contributed by atoms with E-state index in [1.165, 1.54) is 0 Å². The van der Waals surface area contributed by atoms with Crippen molar-refractivity contribution >= 4 is 6.16 Å². The zero-order valence-electron chi connectivity index (χ0n) is 7.65. The van der Waals surface area contributed by atoms with Gasteiger partial charge in [0.2, 0.25) is 0 Å². The van der Waals surface area contributed by atoms with E-state index < -0.39 is 6.16 Å². The van der Waals surface area contributed by atoms with Crippen LogP contribution in [-0.2, 0) is 0 Å². The standard InChI is InChI=1S/C7H16O2.CH2O3/c8-6-4-2-1-3-5-7-9;2-1(3)4/h8-9H,1-7H2;(H2,2,3,4). The molecule has 0 fully saturated rings. The maximum Gasteiger partial charge on any atom is 0.503 e. The summed E-state index contributed by atoms with van der Waals surface area (Å²) in [6.07, 6.45) is 3.31. The fourth-order valence-corrected chi connectivity index (χ4v) is 0.754. The monoisotopic (exact) mass is 194 g/mol. The number of hydrogen-bond donors (Lipinski definition) is 4. The molecule has 5 heteroatoms. The molecule has 0 radical (unpaired) electrons. The molecule has 0 atom stereocenters. The molecule has 0 unspecified atom stereocenters. The van der Waals surface area contributed by atoms with Crippen LogP contribution in [-0.4, -0.2) is 39.8 Å². The molecule has 0 heterocycles. The normalized spacial score (nSPS) is 8.77. The smallest absolute Gasteiger partial charge is 0.450 e. The van der Waals surface area contributed by atoms with Crippen molar-refractivity contribution in [1.29, 1.82) is 0 Å². The van der Waals surface area contributed by atoms with Gasteiger partial charge >= 0.3 is 6.16 Å². The quantitative estimate of drug-likeness (QED) is 0.475. The zero-order chi connectivity index (χ0) is 10.5. The van der Waals surface area contributed by atoms with Crippen LogP contribution in [0.5, 0.6) is 0 Å². The first-order chi connectivity index (χ1) is 6.15. The van der Waals surface area contributed by atoms with Gasteiger partial charge in [-0.15, -0.1) is 0 Å². The molecule has 0 aliphatic heterocycles. The van der Waals surface area contributed by atoms with Crippen LogP contribution in [0.4, 0.5) is 4.79 Å². The van der Waals surface area contributed by atoms with Gasteiger partial charge in [-0.3, -0.25) is 0 Å². The predicted octanol–water partition coefficient (Wildman–Crippen LogP) is 1.14. The molecule has 5 nitrogen and oxygen atoms in total. The number of carboxylic acid groups (broad SMARTS) is 2. The molecule has 80 valence electrons. The Labute approximate surface area is 77.6 Å². The highest BCUT2D eigenvalue weighted by Gasteiger charge is 1.86. The highest BCUT2D eigenvalue weighted by molar-refractivity contribution is 5.53. The Morgan fingerprint density at radius 2 is 1.00 bits per heavy atom. The lowest BCUT2D eigenvalue weighted by Gasteiger charge is -1.95. The summed E-state index contributed by atoms with van der Waals surface area (Å²) >= 11 is 0. The number of hydrogen-bond acceptors (Lipinski definition) is 3. The molecule has 0 spiro atoms. The van der Waals surface area contributed by atoms with Crippen LogP contribution in [0.25, 0.3) is 0 Å². The van der Waals surface area contributed by atoms with E-state index in [0.717, 1.165) is 32.1 Å². The Hall–Kier alpha value is -0.810. The largest absolute Gasteiger partial charge is 0.503 e. The Morgan fingerprint density at radius 3 is 1.23 bits per heavy atom. The lowest BCUT2D eigenvalue weighted by molar-refractivity contribution is 0.137. The van der Waals surface area contributed by atoms with Gasteiger partial charge in [0, 0.05) is 13.2 Å². The molecule has 0 aromatic heterocycles. The summed E-state index contributed by atoms with van der Waals surface area (Å²) in [5, 5.41) is 30.7. The highest BCUT2D eigenvalue weighted by atomic mass is 16.6. The number of carbonyl (C=O) groups is 1. The minimum atomic E-state index is -1.83. The molecular formula is C8H18O5. The SMILES string of the molecule is O=C(O)O.OCCCCCCCO. The molecule has 0 aliphatic rings. The number of unbranched alkanes of at least 4 members (excludes halogenated alkanes) is 4. The lowest BCUT2D eigenvalue weighted by atomic mass is 10.2. The van der Waals surface area contributed by atoms with Gasteiger partial charge in [0.1, 0.15) is 0 Å². The molecular weight excluding hydrogens is 176 g/mol. The van der Waals surface area contributed by atoms with Crippen LogP contribution in [0.3, 0.4) is 0 Å². The topological polar surface area (TPSA) is 98.0 Å². The Balaban J connectivity index is 0. The maximum absolute atomic E-state index is 8.56. The van der Waals surface area contributed by atoms with E-state index in [1.807, 2.05) is 0 Å². The first kappa shape index (κ1) is 14.7. The van der Waals surface area contributed by atoms with Crippen LogP contribution in [0.15, 0.2) is 0 Å². The molecule has 0 bridgehead atoms. The third kappa shape index (κ3) is 35.1. The molecule has 13 heavy (non-hydrogen) atoms. The van der Waals surface area contributed by atoms with Gasteiger partial charge in [0.05, 0.1) is 0 Å². The second-order valence-corrected chi connectivity index (χ2v) is 2.50. The van der Waals surface area contributed by atoms with E-state index in [4.69, 9.17) is 25.2 Å². The summed E-state index contributed by atoms with van der Waals surface area (Å²) in [5.41, 5.74) is 0. The zero-order valence-corrected chi connectivity index (χ0v) is 7.65. The molecule has 0 saturated carbocycles. The summed E-state index contributed by atoms with van der Waals surface area (Å²) in [4.78, 5) is 8.56. The second-order valence-electron chi connectivity index (χ2n) is 2.50. The molecule has 0 aliphatic carbocycles. The summed E-state index contributed by atoms with van der Waals surface area (Å²) in [7, 11) is 0. The van der Waals surface area contributed by atoms with E-state index in [0.29, 0.717) is 13.2 Å². The van der Waals surface area contributed by atoms with Gasteiger partial charge in [-0.2, -0.15) is 0 Å². The van der Waals surface area contributed by atoms with Crippen molar-refractivity contribution in [3.63, 3.8) is 0 Å². The Kier molecular flexibility index (Phi) is 15.6.